The lowest BCUT2D eigenvalue weighted by Gasteiger charge is -2.26. The number of aryl methyl sites for hydroxylation is 1. The minimum Gasteiger partial charge on any atom is -0.379 e. The van der Waals surface area contributed by atoms with Gasteiger partial charge in [-0.15, -0.1) is 5.10 Å². The van der Waals surface area contributed by atoms with Gasteiger partial charge in [-0.05, 0) is 12.5 Å². The Labute approximate surface area is 142 Å². The predicted molar refractivity (Wildman–Crippen MR) is 94.1 cm³/mol. The summed E-state index contributed by atoms with van der Waals surface area (Å²) in [4.78, 5) is 6.83. The zero-order chi connectivity index (χ0) is 16.6. The van der Waals surface area contributed by atoms with Gasteiger partial charge in [-0.3, -0.25) is 4.90 Å². The van der Waals surface area contributed by atoms with Gasteiger partial charge in [0, 0.05) is 32.7 Å². The maximum atomic E-state index is 5.35. The first-order valence-electron chi connectivity index (χ1n) is 8.33. The van der Waals surface area contributed by atoms with E-state index in [2.05, 4.69) is 61.9 Å². The molecule has 0 amide bonds. The largest absolute Gasteiger partial charge is 0.379 e. The normalized spacial score (nSPS) is 15.2. The monoisotopic (exact) mass is 328 g/mol. The number of nitrogens with zero attached hydrogens (tertiary/aromatic N) is 4. The summed E-state index contributed by atoms with van der Waals surface area (Å²) in [7, 11) is 0. The van der Waals surface area contributed by atoms with Crippen LogP contribution in [0.25, 0.3) is 0 Å². The Hall–Kier alpha value is -2.25. The van der Waals surface area contributed by atoms with Crippen LogP contribution in [0.5, 0.6) is 0 Å². The molecule has 24 heavy (non-hydrogen) atoms. The van der Waals surface area contributed by atoms with E-state index in [1.807, 2.05) is 0 Å². The van der Waals surface area contributed by atoms with E-state index in [-0.39, 0.29) is 0 Å². The van der Waals surface area contributed by atoms with E-state index in [0.717, 1.165) is 45.2 Å². The van der Waals surface area contributed by atoms with E-state index < -0.39 is 0 Å². The van der Waals surface area contributed by atoms with Crippen LogP contribution in [-0.4, -0.2) is 59.5 Å². The van der Waals surface area contributed by atoms with Crippen molar-refractivity contribution in [2.24, 2.45) is 0 Å². The van der Waals surface area contributed by atoms with Crippen molar-refractivity contribution in [1.82, 2.24) is 20.1 Å². The van der Waals surface area contributed by atoms with Gasteiger partial charge in [0.2, 0.25) is 5.95 Å². The van der Waals surface area contributed by atoms with Gasteiger partial charge >= 0.3 is 0 Å². The molecule has 1 aromatic carbocycles. The lowest BCUT2D eigenvalue weighted by molar-refractivity contribution is 0.0398. The topological polar surface area (TPSA) is 75.2 Å². The SMILES string of the molecule is Cc1ccc(CNc2nncc(NCCN3CCOCC3)n2)cc1. The highest BCUT2D eigenvalue weighted by atomic mass is 16.5. The fraction of sp³-hybridized carbons (Fsp3) is 0.471. The van der Waals surface area contributed by atoms with Crippen molar-refractivity contribution in [2.75, 3.05) is 50.0 Å². The van der Waals surface area contributed by atoms with Crippen molar-refractivity contribution in [1.29, 1.82) is 0 Å². The molecule has 0 atom stereocenters. The second-order valence-electron chi connectivity index (χ2n) is 5.89. The highest BCUT2D eigenvalue weighted by molar-refractivity contribution is 5.37. The molecule has 0 spiro atoms. The lowest BCUT2D eigenvalue weighted by Crippen LogP contribution is -2.39. The molecule has 0 saturated carbocycles. The Kier molecular flexibility index (Phi) is 5.92. The molecule has 7 heteroatoms. The van der Waals surface area contributed by atoms with E-state index in [9.17, 15) is 0 Å². The molecule has 0 aliphatic carbocycles. The van der Waals surface area contributed by atoms with Crippen LogP contribution in [0.2, 0.25) is 0 Å². The quantitative estimate of drug-likeness (QED) is 0.798. The zero-order valence-corrected chi connectivity index (χ0v) is 14.0. The molecule has 0 bridgehead atoms. The molecule has 3 rings (SSSR count). The van der Waals surface area contributed by atoms with Crippen molar-refractivity contribution in [3.63, 3.8) is 0 Å². The lowest BCUT2D eigenvalue weighted by atomic mass is 10.1. The molecule has 0 radical (unpaired) electrons. The average molecular weight is 328 g/mol. The highest BCUT2D eigenvalue weighted by Crippen LogP contribution is 2.07. The summed E-state index contributed by atoms with van der Waals surface area (Å²) in [6.45, 7) is 8.19. The Morgan fingerprint density at radius 3 is 2.71 bits per heavy atom. The fourth-order valence-corrected chi connectivity index (χ4v) is 2.52. The zero-order valence-electron chi connectivity index (χ0n) is 14.0. The smallest absolute Gasteiger partial charge is 0.244 e. The van der Waals surface area contributed by atoms with Crippen LogP contribution in [0.15, 0.2) is 30.5 Å². The van der Waals surface area contributed by atoms with Gasteiger partial charge in [0.05, 0.1) is 19.4 Å². The number of nitrogens with one attached hydrogen (secondary N) is 2. The number of ether oxygens (including phenoxy) is 1. The van der Waals surface area contributed by atoms with Gasteiger partial charge in [-0.2, -0.15) is 10.1 Å². The number of hydrogen-bond donors (Lipinski definition) is 2. The van der Waals surface area contributed by atoms with Crippen molar-refractivity contribution >= 4 is 11.8 Å². The predicted octanol–water partition coefficient (Wildman–Crippen LogP) is 1.54. The van der Waals surface area contributed by atoms with E-state index in [1.165, 1.54) is 11.1 Å². The van der Waals surface area contributed by atoms with Crippen LogP contribution in [-0.2, 0) is 11.3 Å². The Balaban J connectivity index is 1.45. The molecular weight excluding hydrogens is 304 g/mol. The van der Waals surface area contributed by atoms with Crippen LogP contribution in [0, 0.1) is 6.92 Å². The van der Waals surface area contributed by atoms with Crippen LogP contribution in [0.3, 0.4) is 0 Å². The van der Waals surface area contributed by atoms with Gasteiger partial charge in [-0.1, -0.05) is 29.8 Å². The number of benzene rings is 1. The molecule has 1 aromatic heterocycles. The molecule has 2 N–H and O–H groups in total. The third-order valence-electron chi connectivity index (χ3n) is 3.97. The maximum absolute atomic E-state index is 5.35. The number of hydrogen-bond acceptors (Lipinski definition) is 7. The van der Waals surface area contributed by atoms with Gasteiger partial charge in [0.15, 0.2) is 5.82 Å². The third-order valence-corrected chi connectivity index (χ3v) is 3.97. The Bertz CT molecular complexity index is 627. The molecule has 1 fully saturated rings. The minimum absolute atomic E-state index is 0.534. The number of anilines is 2. The van der Waals surface area contributed by atoms with Crippen LogP contribution >= 0.6 is 0 Å². The first-order valence-corrected chi connectivity index (χ1v) is 8.33. The minimum atomic E-state index is 0.534. The first-order chi connectivity index (χ1) is 11.8. The molecule has 128 valence electrons. The fourth-order valence-electron chi connectivity index (χ4n) is 2.52. The molecule has 2 aromatic rings. The Morgan fingerprint density at radius 1 is 1.12 bits per heavy atom. The highest BCUT2D eigenvalue weighted by Gasteiger charge is 2.09. The summed E-state index contributed by atoms with van der Waals surface area (Å²) < 4.78 is 5.35. The maximum Gasteiger partial charge on any atom is 0.244 e. The number of rotatable bonds is 7. The Morgan fingerprint density at radius 2 is 1.92 bits per heavy atom. The number of aromatic nitrogens is 3. The molecule has 7 nitrogen and oxygen atoms in total. The van der Waals surface area contributed by atoms with E-state index in [1.54, 1.807) is 6.20 Å². The van der Waals surface area contributed by atoms with Crippen LogP contribution in [0.1, 0.15) is 11.1 Å². The average Bonchev–Trinajstić information content (AvgIpc) is 2.63. The van der Waals surface area contributed by atoms with E-state index in [4.69, 9.17) is 4.74 Å². The second-order valence-corrected chi connectivity index (χ2v) is 5.89. The van der Waals surface area contributed by atoms with Gasteiger partial charge in [-0.25, -0.2) is 0 Å². The van der Waals surface area contributed by atoms with Crippen LogP contribution in [0.4, 0.5) is 11.8 Å². The molecule has 1 aliphatic rings. The van der Waals surface area contributed by atoms with Crippen molar-refractivity contribution < 1.29 is 4.74 Å². The molecular formula is C17H24N6O. The van der Waals surface area contributed by atoms with Crippen molar-refractivity contribution in [3.8, 4) is 0 Å². The summed E-state index contributed by atoms with van der Waals surface area (Å²) in [5, 5.41) is 14.5. The van der Waals surface area contributed by atoms with Gasteiger partial charge < -0.3 is 15.4 Å². The standard InChI is InChI=1S/C17H24N6O/c1-14-2-4-15(5-3-14)12-19-17-21-16(13-20-22-17)18-6-7-23-8-10-24-11-9-23/h2-5,13H,6-12H2,1H3,(H2,18,19,21,22). The van der Waals surface area contributed by atoms with Crippen LogP contribution < -0.4 is 10.6 Å². The molecule has 0 unspecified atom stereocenters. The first kappa shape index (κ1) is 16.6. The summed E-state index contributed by atoms with van der Waals surface area (Å²) in [6.07, 6.45) is 1.65. The molecule has 1 saturated heterocycles. The third kappa shape index (κ3) is 5.14. The van der Waals surface area contributed by atoms with Crippen molar-refractivity contribution in [3.05, 3.63) is 41.6 Å². The van der Waals surface area contributed by atoms with Gasteiger partial charge in [0.25, 0.3) is 0 Å². The molecule has 2 heterocycles. The van der Waals surface area contributed by atoms with Crippen molar-refractivity contribution in [2.45, 2.75) is 13.5 Å². The van der Waals surface area contributed by atoms with Gasteiger partial charge in [0.1, 0.15) is 0 Å². The summed E-state index contributed by atoms with van der Waals surface area (Å²) in [5.74, 6) is 1.27. The van der Waals surface area contributed by atoms with E-state index >= 15 is 0 Å². The molecule has 1 aliphatic heterocycles. The summed E-state index contributed by atoms with van der Waals surface area (Å²) in [6, 6.07) is 8.39. The van der Waals surface area contributed by atoms with E-state index in [0.29, 0.717) is 12.5 Å². The number of morpholine rings is 1. The summed E-state index contributed by atoms with van der Waals surface area (Å²) >= 11 is 0. The summed E-state index contributed by atoms with van der Waals surface area (Å²) in [5.41, 5.74) is 2.44. The second kappa shape index (κ2) is 8.56.